The molecule has 104 valence electrons. The van der Waals surface area contributed by atoms with Crippen molar-refractivity contribution in [1.29, 1.82) is 0 Å². The van der Waals surface area contributed by atoms with Gasteiger partial charge in [0.2, 0.25) is 5.91 Å². The summed E-state index contributed by atoms with van der Waals surface area (Å²) in [5, 5.41) is 13.5. The molecular formula is C12H16ClN3O3. The molecule has 3 N–H and O–H groups in total. The van der Waals surface area contributed by atoms with E-state index in [0.29, 0.717) is 18.7 Å². The Morgan fingerprint density at radius 3 is 2.74 bits per heavy atom. The number of amides is 1. The van der Waals surface area contributed by atoms with Crippen molar-refractivity contribution in [2.24, 2.45) is 5.73 Å². The molecule has 0 aromatic heterocycles. The van der Waals surface area contributed by atoms with E-state index in [4.69, 9.17) is 17.3 Å². The summed E-state index contributed by atoms with van der Waals surface area (Å²) in [4.78, 5) is 21.6. The topological polar surface area (TPSA) is 98.3 Å². The first-order chi connectivity index (χ1) is 9.04. The number of nitrogens with one attached hydrogen (secondary N) is 1. The molecule has 0 saturated carbocycles. The Hall–Kier alpha value is -1.66. The number of nitro groups is 1. The minimum atomic E-state index is -0.525. The summed E-state index contributed by atoms with van der Waals surface area (Å²) in [6.07, 6.45) is 1.80. The largest absolute Gasteiger partial charge is 0.356 e. The molecule has 7 heteroatoms. The van der Waals surface area contributed by atoms with Crippen molar-refractivity contribution in [2.45, 2.75) is 19.3 Å². The average molecular weight is 286 g/mol. The summed E-state index contributed by atoms with van der Waals surface area (Å²) in [7, 11) is 0. The molecule has 0 spiro atoms. The number of nitrogens with two attached hydrogens (primary N) is 1. The number of nitrogens with zero attached hydrogens (tertiary/aromatic N) is 1. The lowest BCUT2D eigenvalue weighted by Gasteiger charge is -2.06. The fraction of sp³-hybridized carbons (Fsp3) is 0.417. The molecular weight excluding hydrogens is 270 g/mol. The lowest BCUT2D eigenvalue weighted by atomic mass is 10.1. The second-order valence-corrected chi connectivity index (χ2v) is 4.46. The Morgan fingerprint density at radius 2 is 2.16 bits per heavy atom. The van der Waals surface area contributed by atoms with E-state index in [1.807, 2.05) is 0 Å². The number of hydrogen-bond acceptors (Lipinski definition) is 4. The SMILES string of the molecule is NCCCCNC(=O)Cc1ccc([N+](=O)[O-])cc1Cl. The molecule has 0 atom stereocenters. The van der Waals surface area contributed by atoms with Gasteiger partial charge in [0.15, 0.2) is 0 Å². The molecule has 0 fully saturated rings. The van der Waals surface area contributed by atoms with Gasteiger partial charge in [0, 0.05) is 18.7 Å². The highest BCUT2D eigenvalue weighted by Gasteiger charge is 2.11. The van der Waals surface area contributed by atoms with Crippen LogP contribution in [0.1, 0.15) is 18.4 Å². The highest BCUT2D eigenvalue weighted by atomic mass is 35.5. The van der Waals surface area contributed by atoms with E-state index in [0.717, 1.165) is 12.8 Å². The molecule has 0 bridgehead atoms. The van der Waals surface area contributed by atoms with Gasteiger partial charge in [0.1, 0.15) is 0 Å². The van der Waals surface area contributed by atoms with Gasteiger partial charge in [-0.25, -0.2) is 0 Å². The van der Waals surface area contributed by atoms with Crippen LogP contribution in [0.3, 0.4) is 0 Å². The van der Waals surface area contributed by atoms with Gasteiger partial charge < -0.3 is 11.1 Å². The first-order valence-corrected chi connectivity index (χ1v) is 6.32. The van der Waals surface area contributed by atoms with Crippen LogP contribution in [0.5, 0.6) is 0 Å². The predicted molar refractivity (Wildman–Crippen MR) is 73.1 cm³/mol. The van der Waals surface area contributed by atoms with Crippen LogP contribution in [0, 0.1) is 10.1 Å². The third-order valence-electron chi connectivity index (χ3n) is 2.55. The zero-order valence-corrected chi connectivity index (χ0v) is 11.2. The van der Waals surface area contributed by atoms with Gasteiger partial charge in [0.05, 0.1) is 16.4 Å². The highest BCUT2D eigenvalue weighted by molar-refractivity contribution is 6.31. The van der Waals surface area contributed by atoms with Gasteiger partial charge in [-0.2, -0.15) is 0 Å². The van der Waals surface area contributed by atoms with Crippen molar-refractivity contribution >= 4 is 23.2 Å². The molecule has 1 aromatic carbocycles. The monoisotopic (exact) mass is 285 g/mol. The van der Waals surface area contributed by atoms with Crippen molar-refractivity contribution in [1.82, 2.24) is 5.32 Å². The van der Waals surface area contributed by atoms with Crippen LogP contribution in [0.4, 0.5) is 5.69 Å². The molecule has 0 radical (unpaired) electrons. The third kappa shape index (κ3) is 5.23. The van der Waals surface area contributed by atoms with Gasteiger partial charge in [-0.1, -0.05) is 17.7 Å². The van der Waals surface area contributed by atoms with Gasteiger partial charge in [0.25, 0.3) is 5.69 Å². The number of unbranched alkanes of at least 4 members (excludes halogenated alkanes) is 1. The molecule has 19 heavy (non-hydrogen) atoms. The number of rotatable bonds is 7. The molecule has 1 rings (SSSR count). The Bertz CT molecular complexity index is 466. The normalized spacial score (nSPS) is 10.2. The molecule has 0 aliphatic rings. The van der Waals surface area contributed by atoms with Gasteiger partial charge in [-0.3, -0.25) is 14.9 Å². The Labute approximate surface area is 116 Å². The predicted octanol–water partition coefficient (Wildman–Crippen LogP) is 1.65. The standard InChI is InChI=1S/C12H16ClN3O3/c13-11-8-10(16(18)19)4-3-9(11)7-12(17)15-6-2-1-5-14/h3-4,8H,1-2,5-7,14H2,(H,15,17). The van der Waals surface area contributed by atoms with E-state index in [1.165, 1.54) is 18.2 Å². The van der Waals surface area contributed by atoms with Crippen LogP contribution in [-0.4, -0.2) is 23.9 Å². The van der Waals surface area contributed by atoms with E-state index in [1.54, 1.807) is 0 Å². The summed E-state index contributed by atoms with van der Waals surface area (Å²) < 4.78 is 0. The number of halogens is 1. The summed E-state index contributed by atoms with van der Waals surface area (Å²) in [5.41, 5.74) is 5.83. The van der Waals surface area contributed by atoms with E-state index in [9.17, 15) is 14.9 Å². The zero-order valence-electron chi connectivity index (χ0n) is 10.4. The fourth-order valence-electron chi connectivity index (χ4n) is 1.53. The number of hydrogen-bond donors (Lipinski definition) is 2. The smallest absolute Gasteiger partial charge is 0.270 e. The van der Waals surface area contributed by atoms with Crippen LogP contribution in [0.2, 0.25) is 5.02 Å². The molecule has 0 aliphatic heterocycles. The second kappa shape index (κ2) is 7.70. The van der Waals surface area contributed by atoms with Crippen molar-refractivity contribution in [2.75, 3.05) is 13.1 Å². The molecule has 0 saturated heterocycles. The summed E-state index contributed by atoms with van der Waals surface area (Å²) >= 11 is 5.90. The lowest BCUT2D eigenvalue weighted by molar-refractivity contribution is -0.384. The number of carbonyl (C=O) groups excluding carboxylic acids is 1. The van der Waals surface area contributed by atoms with Crippen LogP contribution >= 0.6 is 11.6 Å². The summed E-state index contributed by atoms with van der Waals surface area (Å²) in [6, 6.07) is 4.08. The molecule has 0 heterocycles. The number of nitro benzene ring substituents is 1. The van der Waals surface area contributed by atoms with Crippen LogP contribution in [0.15, 0.2) is 18.2 Å². The zero-order chi connectivity index (χ0) is 14.3. The van der Waals surface area contributed by atoms with E-state index in [2.05, 4.69) is 5.32 Å². The Kier molecular flexibility index (Phi) is 6.24. The van der Waals surface area contributed by atoms with E-state index in [-0.39, 0.29) is 23.0 Å². The molecule has 0 aliphatic carbocycles. The van der Waals surface area contributed by atoms with Gasteiger partial charge >= 0.3 is 0 Å². The average Bonchev–Trinajstić information content (AvgIpc) is 2.37. The Morgan fingerprint density at radius 1 is 1.42 bits per heavy atom. The maximum absolute atomic E-state index is 11.6. The van der Waals surface area contributed by atoms with Gasteiger partial charge in [-0.05, 0) is 24.9 Å². The summed E-state index contributed by atoms with van der Waals surface area (Å²) in [5.74, 6) is -0.159. The second-order valence-electron chi connectivity index (χ2n) is 4.06. The minimum absolute atomic E-state index is 0.0860. The lowest BCUT2D eigenvalue weighted by Crippen LogP contribution is -2.26. The van der Waals surface area contributed by atoms with Gasteiger partial charge in [-0.15, -0.1) is 0 Å². The maximum atomic E-state index is 11.6. The van der Waals surface area contributed by atoms with Crippen molar-refractivity contribution in [3.63, 3.8) is 0 Å². The maximum Gasteiger partial charge on any atom is 0.270 e. The van der Waals surface area contributed by atoms with E-state index >= 15 is 0 Å². The molecule has 0 unspecified atom stereocenters. The fourth-order valence-corrected chi connectivity index (χ4v) is 1.77. The number of carbonyl (C=O) groups is 1. The van der Waals surface area contributed by atoms with Crippen LogP contribution in [0.25, 0.3) is 0 Å². The van der Waals surface area contributed by atoms with E-state index < -0.39 is 4.92 Å². The molecule has 6 nitrogen and oxygen atoms in total. The van der Waals surface area contributed by atoms with Crippen molar-refractivity contribution < 1.29 is 9.72 Å². The van der Waals surface area contributed by atoms with Crippen molar-refractivity contribution in [3.05, 3.63) is 38.9 Å². The number of benzene rings is 1. The quantitative estimate of drug-likeness (QED) is 0.452. The first kappa shape index (κ1) is 15.4. The van der Waals surface area contributed by atoms with Crippen molar-refractivity contribution in [3.8, 4) is 0 Å². The number of non-ortho nitro benzene ring substituents is 1. The van der Waals surface area contributed by atoms with Crippen LogP contribution in [-0.2, 0) is 11.2 Å². The van der Waals surface area contributed by atoms with Crippen LogP contribution < -0.4 is 11.1 Å². The Balaban J connectivity index is 2.52. The third-order valence-corrected chi connectivity index (χ3v) is 2.90. The molecule has 1 aromatic rings. The summed E-state index contributed by atoms with van der Waals surface area (Å²) in [6.45, 7) is 1.17. The minimum Gasteiger partial charge on any atom is -0.356 e. The highest BCUT2D eigenvalue weighted by Crippen LogP contribution is 2.22. The first-order valence-electron chi connectivity index (χ1n) is 5.94. The molecule has 1 amide bonds.